The highest BCUT2D eigenvalue weighted by molar-refractivity contribution is 6.04. The summed E-state index contributed by atoms with van der Waals surface area (Å²) in [6, 6.07) is 6.64. The minimum Gasteiger partial charge on any atom is -0.478 e. The molecule has 0 saturated heterocycles. The average molecular weight is 213 g/mol. The lowest BCUT2D eigenvalue weighted by Gasteiger charge is -1.99. The number of benzene rings is 1. The lowest BCUT2D eigenvalue weighted by atomic mass is 10.1. The third-order valence-corrected chi connectivity index (χ3v) is 2.53. The summed E-state index contributed by atoms with van der Waals surface area (Å²) in [6.07, 6.45) is 3.27. The van der Waals surface area contributed by atoms with Crippen LogP contribution in [0.4, 0.5) is 0 Å². The number of hydrogen-bond acceptors (Lipinski definition) is 3. The second kappa shape index (κ2) is 3.06. The van der Waals surface area contributed by atoms with E-state index in [0.717, 1.165) is 16.4 Å². The fourth-order valence-electron chi connectivity index (χ4n) is 1.74. The Hall–Kier alpha value is -2.36. The molecule has 0 amide bonds. The molecular weight excluding hydrogens is 206 g/mol. The normalized spacial score (nSPS) is 11.0. The highest BCUT2D eigenvalue weighted by atomic mass is 16.4. The lowest BCUT2D eigenvalue weighted by molar-refractivity contribution is 0.0697. The van der Waals surface area contributed by atoms with Crippen LogP contribution in [-0.4, -0.2) is 16.1 Å². The maximum Gasteiger partial charge on any atom is 0.335 e. The standard InChI is InChI=1S/C12H7NO3/c14-12(15)7-1-2-9-10(5-7)13-6-8-3-4-16-11(8)9/h1-6H,(H,14,15). The number of aromatic nitrogens is 1. The minimum absolute atomic E-state index is 0.228. The summed E-state index contributed by atoms with van der Waals surface area (Å²) in [5.74, 6) is -0.955. The number of rotatable bonds is 1. The van der Waals surface area contributed by atoms with Crippen LogP contribution >= 0.6 is 0 Å². The molecule has 0 saturated carbocycles. The van der Waals surface area contributed by atoms with Crippen LogP contribution in [0.25, 0.3) is 21.9 Å². The van der Waals surface area contributed by atoms with Crippen LogP contribution < -0.4 is 0 Å². The first-order valence-electron chi connectivity index (χ1n) is 4.75. The number of fused-ring (bicyclic) bond motifs is 3. The van der Waals surface area contributed by atoms with Crippen LogP contribution in [0.2, 0.25) is 0 Å². The zero-order valence-electron chi connectivity index (χ0n) is 8.18. The number of carboxylic acids is 1. The van der Waals surface area contributed by atoms with Crippen LogP contribution in [0.5, 0.6) is 0 Å². The number of carbonyl (C=O) groups is 1. The van der Waals surface area contributed by atoms with Gasteiger partial charge in [-0.2, -0.15) is 0 Å². The maximum atomic E-state index is 10.8. The molecular formula is C12H7NO3. The average Bonchev–Trinajstić information content (AvgIpc) is 2.76. The highest BCUT2D eigenvalue weighted by Crippen LogP contribution is 2.24. The Balaban J connectivity index is 2.41. The van der Waals surface area contributed by atoms with Crippen molar-refractivity contribution < 1.29 is 14.3 Å². The lowest BCUT2D eigenvalue weighted by Crippen LogP contribution is -1.95. The van der Waals surface area contributed by atoms with E-state index in [4.69, 9.17) is 9.52 Å². The van der Waals surface area contributed by atoms with Crippen LogP contribution in [0, 0.1) is 0 Å². The summed E-state index contributed by atoms with van der Waals surface area (Å²) in [5.41, 5.74) is 1.59. The molecule has 0 aliphatic heterocycles. The van der Waals surface area contributed by atoms with Crippen molar-refractivity contribution in [2.45, 2.75) is 0 Å². The summed E-state index contributed by atoms with van der Waals surface area (Å²) in [6.45, 7) is 0. The summed E-state index contributed by atoms with van der Waals surface area (Å²) in [5, 5.41) is 10.6. The second-order valence-corrected chi connectivity index (χ2v) is 3.50. The predicted octanol–water partition coefficient (Wildman–Crippen LogP) is 2.68. The summed E-state index contributed by atoms with van der Waals surface area (Å²) in [4.78, 5) is 15.0. The highest BCUT2D eigenvalue weighted by Gasteiger charge is 2.08. The molecule has 0 atom stereocenters. The van der Waals surface area contributed by atoms with Crippen LogP contribution in [-0.2, 0) is 0 Å². The molecule has 0 radical (unpaired) electrons. The van der Waals surface area contributed by atoms with Crippen molar-refractivity contribution in [3.63, 3.8) is 0 Å². The van der Waals surface area contributed by atoms with E-state index in [1.165, 1.54) is 0 Å². The van der Waals surface area contributed by atoms with Gasteiger partial charge in [-0.3, -0.25) is 4.98 Å². The Kier molecular flexibility index (Phi) is 1.71. The number of carboxylic acid groups (broad SMARTS) is 1. The van der Waals surface area contributed by atoms with E-state index in [0.29, 0.717) is 5.52 Å². The van der Waals surface area contributed by atoms with Gasteiger partial charge in [0.2, 0.25) is 0 Å². The monoisotopic (exact) mass is 213 g/mol. The van der Waals surface area contributed by atoms with Gasteiger partial charge in [-0.25, -0.2) is 4.79 Å². The third-order valence-electron chi connectivity index (χ3n) is 2.53. The van der Waals surface area contributed by atoms with Crippen molar-refractivity contribution in [2.24, 2.45) is 0 Å². The van der Waals surface area contributed by atoms with E-state index in [-0.39, 0.29) is 5.56 Å². The van der Waals surface area contributed by atoms with Gasteiger partial charge in [0.1, 0.15) is 5.58 Å². The van der Waals surface area contributed by atoms with E-state index < -0.39 is 5.97 Å². The molecule has 0 aliphatic carbocycles. The second-order valence-electron chi connectivity index (χ2n) is 3.50. The van der Waals surface area contributed by atoms with E-state index in [1.807, 2.05) is 6.07 Å². The molecule has 16 heavy (non-hydrogen) atoms. The van der Waals surface area contributed by atoms with E-state index in [9.17, 15) is 4.79 Å². The Labute approximate surface area is 90.1 Å². The molecule has 0 aliphatic rings. The van der Waals surface area contributed by atoms with Gasteiger partial charge < -0.3 is 9.52 Å². The SMILES string of the molecule is O=C(O)c1ccc2c(c1)ncc1ccoc12. The van der Waals surface area contributed by atoms with Crippen molar-refractivity contribution in [3.8, 4) is 0 Å². The molecule has 0 fully saturated rings. The summed E-state index contributed by atoms with van der Waals surface area (Å²) < 4.78 is 5.34. The van der Waals surface area contributed by atoms with E-state index in [2.05, 4.69) is 4.98 Å². The van der Waals surface area contributed by atoms with E-state index in [1.54, 1.807) is 30.7 Å². The Bertz CT molecular complexity index is 700. The first-order chi connectivity index (χ1) is 7.75. The van der Waals surface area contributed by atoms with Crippen molar-refractivity contribution in [3.05, 3.63) is 42.3 Å². The van der Waals surface area contributed by atoms with Crippen LogP contribution in [0.15, 0.2) is 41.1 Å². The van der Waals surface area contributed by atoms with Gasteiger partial charge in [0.05, 0.1) is 17.3 Å². The van der Waals surface area contributed by atoms with Crippen LogP contribution in [0.1, 0.15) is 10.4 Å². The minimum atomic E-state index is -0.955. The molecule has 1 aromatic carbocycles. The number of pyridine rings is 1. The number of hydrogen-bond donors (Lipinski definition) is 1. The first-order valence-corrected chi connectivity index (χ1v) is 4.75. The molecule has 1 N–H and O–H groups in total. The van der Waals surface area contributed by atoms with Gasteiger partial charge in [-0.1, -0.05) is 0 Å². The first kappa shape index (κ1) is 8.91. The van der Waals surface area contributed by atoms with Gasteiger partial charge in [-0.15, -0.1) is 0 Å². The summed E-state index contributed by atoms with van der Waals surface area (Å²) >= 11 is 0. The van der Waals surface area contributed by atoms with Crippen molar-refractivity contribution >= 4 is 27.8 Å². The molecule has 3 rings (SSSR count). The van der Waals surface area contributed by atoms with Gasteiger partial charge in [0, 0.05) is 17.0 Å². The molecule has 4 nitrogen and oxygen atoms in total. The number of furan rings is 1. The smallest absolute Gasteiger partial charge is 0.335 e. The van der Waals surface area contributed by atoms with Gasteiger partial charge in [0.25, 0.3) is 0 Å². The van der Waals surface area contributed by atoms with Crippen molar-refractivity contribution in [1.82, 2.24) is 4.98 Å². The topological polar surface area (TPSA) is 63.3 Å². The molecule has 78 valence electrons. The van der Waals surface area contributed by atoms with E-state index >= 15 is 0 Å². The van der Waals surface area contributed by atoms with Gasteiger partial charge >= 0.3 is 5.97 Å². The third kappa shape index (κ3) is 1.16. The van der Waals surface area contributed by atoms with Gasteiger partial charge in [-0.05, 0) is 24.3 Å². The fraction of sp³-hybridized carbons (Fsp3) is 0. The van der Waals surface area contributed by atoms with Gasteiger partial charge in [0.15, 0.2) is 0 Å². The zero-order chi connectivity index (χ0) is 11.1. The molecule has 0 bridgehead atoms. The fourth-order valence-corrected chi connectivity index (χ4v) is 1.74. The molecule has 3 aromatic rings. The Morgan fingerprint density at radius 2 is 2.19 bits per heavy atom. The van der Waals surface area contributed by atoms with Crippen molar-refractivity contribution in [2.75, 3.05) is 0 Å². The maximum absolute atomic E-state index is 10.8. The summed E-state index contributed by atoms with van der Waals surface area (Å²) in [7, 11) is 0. The predicted molar refractivity (Wildman–Crippen MR) is 58.5 cm³/mol. The molecule has 4 heteroatoms. The quantitative estimate of drug-likeness (QED) is 0.675. The molecule has 0 spiro atoms. The number of aromatic carboxylic acids is 1. The Morgan fingerprint density at radius 1 is 1.31 bits per heavy atom. The molecule has 0 unspecified atom stereocenters. The molecule has 2 heterocycles. The zero-order valence-corrected chi connectivity index (χ0v) is 8.18. The van der Waals surface area contributed by atoms with Crippen molar-refractivity contribution in [1.29, 1.82) is 0 Å². The largest absolute Gasteiger partial charge is 0.478 e. The Morgan fingerprint density at radius 3 is 3.00 bits per heavy atom. The molecule has 2 aromatic heterocycles. The number of nitrogens with zero attached hydrogens (tertiary/aromatic N) is 1. The van der Waals surface area contributed by atoms with Crippen LogP contribution in [0.3, 0.4) is 0 Å².